The van der Waals surface area contributed by atoms with Crippen LogP contribution in [-0.4, -0.2) is 18.4 Å². The molecule has 0 bridgehead atoms. The number of carbonyl (C=O) groups is 1. The maximum absolute atomic E-state index is 12.2. The van der Waals surface area contributed by atoms with Crippen LogP contribution in [0.4, 0.5) is 11.4 Å². The minimum absolute atomic E-state index is 0.0556. The molecule has 0 radical (unpaired) electrons. The summed E-state index contributed by atoms with van der Waals surface area (Å²) in [5.41, 5.74) is 20.2. The van der Waals surface area contributed by atoms with E-state index in [0.29, 0.717) is 6.42 Å². The van der Waals surface area contributed by atoms with Crippen LogP contribution in [0.1, 0.15) is 75.3 Å². The molecule has 6 heteroatoms. The highest BCUT2D eigenvalue weighted by Gasteiger charge is 2.03. The van der Waals surface area contributed by atoms with Gasteiger partial charge in [-0.1, -0.05) is 69.2 Å². The average molecular weight is 438 g/mol. The maximum Gasteiger partial charge on any atom is 0.224 e. The van der Waals surface area contributed by atoms with Crippen LogP contribution >= 0.6 is 0 Å². The minimum Gasteiger partial charge on any atom is -0.370 e. The van der Waals surface area contributed by atoms with Crippen molar-refractivity contribution in [2.24, 2.45) is 22.2 Å². The number of amides is 1. The maximum atomic E-state index is 12.2. The second kappa shape index (κ2) is 15.0. The van der Waals surface area contributed by atoms with Crippen molar-refractivity contribution in [1.82, 2.24) is 0 Å². The van der Waals surface area contributed by atoms with Crippen LogP contribution < -0.4 is 22.5 Å². The van der Waals surface area contributed by atoms with Gasteiger partial charge in [-0.05, 0) is 61.2 Å². The molecule has 0 unspecified atom stereocenters. The summed E-state index contributed by atoms with van der Waals surface area (Å²) < 4.78 is 0. The molecule has 6 nitrogen and oxygen atoms in total. The van der Waals surface area contributed by atoms with Crippen LogP contribution in [0.3, 0.4) is 0 Å². The van der Waals surface area contributed by atoms with Gasteiger partial charge in [0, 0.05) is 12.1 Å². The SMILES string of the molecule is NCCCCCCCCCCCC(=O)Nc1ccc(Cc2ccc(N=C(N)N)cc2)cc1. The molecule has 174 valence electrons. The van der Waals surface area contributed by atoms with Gasteiger partial charge in [0.25, 0.3) is 0 Å². The monoisotopic (exact) mass is 437 g/mol. The molecular weight excluding hydrogens is 398 g/mol. The third-order valence-corrected chi connectivity index (χ3v) is 5.45. The van der Waals surface area contributed by atoms with Gasteiger partial charge < -0.3 is 22.5 Å². The number of rotatable bonds is 15. The molecule has 0 heterocycles. The van der Waals surface area contributed by atoms with Gasteiger partial charge >= 0.3 is 0 Å². The Balaban J connectivity index is 1.61. The Hall–Kier alpha value is -2.86. The second-order valence-electron chi connectivity index (χ2n) is 8.35. The predicted octanol–water partition coefficient (Wildman–Crippen LogP) is 4.98. The van der Waals surface area contributed by atoms with Crippen molar-refractivity contribution in [3.63, 3.8) is 0 Å². The number of guanidine groups is 1. The Bertz CT molecular complexity index is 811. The van der Waals surface area contributed by atoms with Crippen molar-refractivity contribution in [2.75, 3.05) is 11.9 Å². The summed E-state index contributed by atoms with van der Waals surface area (Å²) in [6.07, 6.45) is 12.2. The molecule has 0 aliphatic heterocycles. The van der Waals surface area contributed by atoms with E-state index in [4.69, 9.17) is 17.2 Å². The van der Waals surface area contributed by atoms with E-state index in [0.717, 1.165) is 43.6 Å². The Labute approximate surface area is 192 Å². The predicted molar refractivity (Wildman–Crippen MR) is 135 cm³/mol. The summed E-state index contributed by atoms with van der Waals surface area (Å²) in [6.45, 7) is 0.809. The van der Waals surface area contributed by atoms with Crippen molar-refractivity contribution in [1.29, 1.82) is 0 Å². The van der Waals surface area contributed by atoms with E-state index in [1.165, 1.54) is 49.7 Å². The highest BCUT2D eigenvalue weighted by Crippen LogP contribution is 2.18. The number of carbonyl (C=O) groups excluding carboxylic acids is 1. The number of unbranched alkanes of at least 4 members (excludes halogenated alkanes) is 8. The van der Waals surface area contributed by atoms with E-state index in [9.17, 15) is 4.79 Å². The Morgan fingerprint density at radius 2 is 1.22 bits per heavy atom. The normalized spacial score (nSPS) is 10.7. The number of nitrogens with one attached hydrogen (secondary N) is 1. The van der Waals surface area contributed by atoms with Crippen molar-refractivity contribution in [3.05, 3.63) is 59.7 Å². The molecule has 1 amide bonds. The lowest BCUT2D eigenvalue weighted by Crippen LogP contribution is -2.21. The zero-order valence-corrected chi connectivity index (χ0v) is 19.2. The molecule has 2 aromatic rings. The molecule has 0 aliphatic carbocycles. The van der Waals surface area contributed by atoms with Gasteiger partial charge in [-0.3, -0.25) is 4.79 Å². The van der Waals surface area contributed by atoms with Crippen LogP contribution in [-0.2, 0) is 11.2 Å². The van der Waals surface area contributed by atoms with Crippen molar-refractivity contribution >= 4 is 23.2 Å². The Kier molecular flexibility index (Phi) is 11.9. The smallest absolute Gasteiger partial charge is 0.224 e. The zero-order valence-electron chi connectivity index (χ0n) is 19.2. The standard InChI is InChI=1S/C26H39N5O/c27-19-9-7-5-3-1-2-4-6-8-10-25(32)30-23-15-11-21(12-16-23)20-22-13-17-24(18-14-22)31-26(28)29/h11-18H,1-10,19-20,27H2,(H,30,32)(H4,28,29,31). The molecule has 7 N–H and O–H groups in total. The van der Waals surface area contributed by atoms with Gasteiger partial charge in [-0.25, -0.2) is 4.99 Å². The third kappa shape index (κ3) is 11.0. The lowest BCUT2D eigenvalue weighted by molar-refractivity contribution is -0.116. The molecule has 0 spiro atoms. The van der Waals surface area contributed by atoms with Crippen LogP contribution in [0.15, 0.2) is 53.5 Å². The molecule has 32 heavy (non-hydrogen) atoms. The van der Waals surface area contributed by atoms with Crippen molar-refractivity contribution in [3.8, 4) is 0 Å². The fourth-order valence-electron chi connectivity index (χ4n) is 3.67. The largest absolute Gasteiger partial charge is 0.370 e. The molecule has 0 atom stereocenters. The molecule has 0 aromatic heterocycles. The number of hydrogen-bond acceptors (Lipinski definition) is 3. The first-order valence-corrected chi connectivity index (χ1v) is 11.8. The number of nitrogens with zero attached hydrogens (tertiary/aromatic N) is 1. The Morgan fingerprint density at radius 1 is 0.719 bits per heavy atom. The van der Waals surface area contributed by atoms with Gasteiger partial charge in [0.05, 0.1) is 5.69 Å². The van der Waals surface area contributed by atoms with E-state index in [1.54, 1.807) is 0 Å². The summed E-state index contributed by atoms with van der Waals surface area (Å²) >= 11 is 0. The van der Waals surface area contributed by atoms with E-state index >= 15 is 0 Å². The molecule has 2 aromatic carbocycles. The molecule has 2 rings (SSSR count). The fourth-order valence-corrected chi connectivity index (χ4v) is 3.67. The van der Waals surface area contributed by atoms with Gasteiger partial charge in [-0.2, -0.15) is 0 Å². The van der Waals surface area contributed by atoms with Crippen LogP contribution in [0, 0.1) is 0 Å². The third-order valence-electron chi connectivity index (χ3n) is 5.45. The minimum atomic E-state index is 0.0556. The lowest BCUT2D eigenvalue weighted by atomic mass is 10.0. The summed E-state index contributed by atoms with van der Waals surface area (Å²) in [6, 6.07) is 15.8. The molecule has 0 aliphatic rings. The molecular formula is C26H39N5O. The van der Waals surface area contributed by atoms with E-state index < -0.39 is 0 Å². The van der Waals surface area contributed by atoms with Crippen LogP contribution in [0.5, 0.6) is 0 Å². The number of aliphatic imine (C=N–C) groups is 1. The van der Waals surface area contributed by atoms with Gasteiger partial charge in [0.15, 0.2) is 5.96 Å². The number of nitrogens with two attached hydrogens (primary N) is 3. The van der Waals surface area contributed by atoms with Gasteiger partial charge in [-0.15, -0.1) is 0 Å². The highest BCUT2D eigenvalue weighted by atomic mass is 16.1. The van der Waals surface area contributed by atoms with Gasteiger partial charge in [0.2, 0.25) is 5.91 Å². The quantitative estimate of drug-likeness (QED) is 0.178. The molecule has 0 fully saturated rings. The summed E-state index contributed by atoms with van der Waals surface area (Å²) in [5.74, 6) is 0.148. The van der Waals surface area contributed by atoms with E-state index in [1.807, 2.05) is 48.5 Å². The number of hydrogen-bond donors (Lipinski definition) is 4. The van der Waals surface area contributed by atoms with Gasteiger partial charge in [0.1, 0.15) is 0 Å². The summed E-state index contributed by atoms with van der Waals surface area (Å²) in [7, 11) is 0. The number of benzene rings is 2. The molecule has 0 saturated heterocycles. The zero-order chi connectivity index (χ0) is 23.0. The second-order valence-corrected chi connectivity index (χ2v) is 8.35. The topological polar surface area (TPSA) is 120 Å². The average Bonchev–Trinajstić information content (AvgIpc) is 2.77. The van der Waals surface area contributed by atoms with E-state index in [2.05, 4.69) is 10.3 Å². The van der Waals surface area contributed by atoms with Crippen molar-refractivity contribution in [2.45, 2.75) is 70.6 Å². The summed E-state index contributed by atoms with van der Waals surface area (Å²) in [5, 5.41) is 3.00. The fraction of sp³-hybridized carbons (Fsp3) is 0.462. The van der Waals surface area contributed by atoms with Crippen LogP contribution in [0.2, 0.25) is 0 Å². The molecule has 0 saturated carbocycles. The summed E-state index contributed by atoms with van der Waals surface area (Å²) in [4.78, 5) is 16.2. The number of anilines is 1. The van der Waals surface area contributed by atoms with Crippen molar-refractivity contribution < 1.29 is 4.79 Å². The van der Waals surface area contributed by atoms with Crippen LogP contribution in [0.25, 0.3) is 0 Å². The Morgan fingerprint density at radius 3 is 1.75 bits per heavy atom. The first-order valence-electron chi connectivity index (χ1n) is 11.8. The first-order chi connectivity index (χ1) is 15.6. The first kappa shape index (κ1) is 25.4. The van der Waals surface area contributed by atoms with E-state index in [-0.39, 0.29) is 11.9 Å². The lowest BCUT2D eigenvalue weighted by Gasteiger charge is -2.07. The highest BCUT2D eigenvalue weighted by molar-refractivity contribution is 5.90.